The molecule has 1 aliphatic rings. The topological polar surface area (TPSA) is 29.3 Å². The van der Waals surface area contributed by atoms with Crippen molar-refractivity contribution in [2.75, 3.05) is 6.26 Å². The van der Waals surface area contributed by atoms with Gasteiger partial charge in [0.25, 0.3) is 6.17 Å². The summed E-state index contributed by atoms with van der Waals surface area (Å²) in [5.74, 6) is 0. The lowest BCUT2D eigenvalue weighted by atomic mass is 10.1. The smallest absolute Gasteiger partial charge is 0.254 e. The van der Waals surface area contributed by atoms with E-state index in [1.54, 1.807) is 29.7 Å². The molecule has 0 aliphatic carbocycles. The van der Waals surface area contributed by atoms with E-state index < -0.39 is 0 Å². The average molecular weight is 403 g/mol. The molecule has 1 saturated heterocycles. The van der Waals surface area contributed by atoms with Gasteiger partial charge in [0.1, 0.15) is 9.07 Å². The average Bonchev–Trinajstić information content (AvgIpc) is 2.84. The summed E-state index contributed by atoms with van der Waals surface area (Å²) in [6, 6.07) is 18.2. The van der Waals surface area contributed by atoms with Gasteiger partial charge >= 0.3 is 0 Å². The Morgan fingerprint density at radius 1 is 1.19 bits per heavy atom. The quantitative estimate of drug-likeness (QED) is 0.176. The fraction of sp³-hybridized carbons (Fsp3) is 0.300. The summed E-state index contributed by atoms with van der Waals surface area (Å²) in [6.45, 7) is 4.79. The first kappa shape index (κ1) is 19.3. The normalized spacial score (nSPS) is 19.8. The molecule has 0 saturated carbocycles. The minimum absolute atomic E-state index is 0.288. The summed E-state index contributed by atoms with van der Waals surface area (Å²) < 4.78 is 1.54. The Morgan fingerprint density at radius 2 is 1.85 bits per heavy atom. The lowest BCUT2D eigenvalue weighted by Crippen LogP contribution is -2.47. The van der Waals surface area contributed by atoms with Gasteiger partial charge < -0.3 is 5.21 Å². The van der Waals surface area contributed by atoms with E-state index in [1.807, 2.05) is 53.6 Å². The van der Waals surface area contributed by atoms with Crippen molar-refractivity contribution in [3.8, 4) is 0 Å². The van der Waals surface area contributed by atoms with Crippen molar-refractivity contribution in [3.63, 3.8) is 0 Å². The van der Waals surface area contributed by atoms with Crippen LogP contribution >= 0.6 is 35.7 Å². The van der Waals surface area contributed by atoms with Crippen LogP contribution in [0.3, 0.4) is 0 Å². The molecular formula is C20H22N2OS3. The molecule has 0 amide bonds. The Bertz CT molecular complexity index is 804. The van der Waals surface area contributed by atoms with E-state index >= 15 is 0 Å². The summed E-state index contributed by atoms with van der Waals surface area (Å²) >= 11 is 8.87. The van der Waals surface area contributed by atoms with Crippen LogP contribution in [0, 0.1) is 5.21 Å². The van der Waals surface area contributed by atoms with Gasteiger partial charge in [0.2, 0.25) is 0 Å². The molecule has 0 spiro atoms. The summed E-state index contributed by atoms with van der Waals surface area (Å²) in [6.07, 6.45) is 3.36. The molecule has 3 nitrogen and oxygen atoms in total. The number of hydrogen-bond acceptors (Lipinski definition) is 4. The lowest BCUT2D eigenvalue weighted by Gasteiger charge is -2.29. The van der Waals surface area contributed by atoms with Gasteiger partial charge in [-0.3, -0.25) is 4.90 Å². The Morgan fingerprint density at radius 3 is 2.46 bits per heavy atom. The van der Waals surface area contributed by atoms with Crippen LogP contribution in [-0.4, -0.2) is 37.3 Å². The molecule has 1 aliphatic heterocycles. The Labute approximate surface area is 169 Å². The fourth-order valence-corrected chi connectivity index (χ4v) is 5.38. The van der Waals surface area contributed by atoms with Gasteiger partial charge in [-0.05, 0) is 49.9 Å². The number of nitrogens with zero attached hydrogens (tertiary/aromatic N) is 2. The predicted molar refractivity (Wildman–Crippen MR) is 117 cm³/mol. The second-order valence-electron chi connectivity index (χ2n) is 6.72. The summed E-state index contributed by atoms with van der Waals surface area (Å²) in [7, 11) is 0. The Balaban J connectivity index is 1.89. The van der Waals surface area contributed by atoms with Crippen LogP contribution in [0.25, 0.3) is 0 Å². The van der Waals surface area contributed by atoms with Gasteiger partial charge in [-0.15, -0.1) is 11.8 Å². The number of thiocarbonyl (C=S) groups is 1. The fourth-order valence-electron chi connectivity index (χ4n) is 3.09. The standard InChI is InChI=1S/C20H22N2OS3/c1-20(2)18(22(23)14-16-9-11-17(25-3)12-10-16)21(19(24)26-20)13-15-7-5-4-6-8-15/h4-12,14,18H,13H2,1-3H3/b22-14-. The third kappa shape index (κ3) is 4.24. The molecule has 0 radical (unpaired) electrons. The number of hydrogen-bond donors (Lipinski definition) is 0. The Hall–Kier alpha value is -1.50. The summed E-state index contributed by atoms with van der Waals surface area (Å²) in [5, 5.41) is 13.1. The monoisotopic (exact) mass is 402 g/mol. The second kappa shape index (κ2) is 8.03. The maximum atomic E-state index is 13.1. The molecule has 26 heavy (non-hydrogen) atoms. The van der Waals surface area contributed by atoms with Gasteiger partial charge in [-0.25, -0.2) is 0 Å². The zero-order chi connectivity index (χ0) is 18.7. The maximum absolute atomic E-state index is 13.1. The molecule has 0 N–H and O–H groups in total. The highest BCUT2D eigenvalue weighted by molar-refractivity contribution is 8.24. The van der Waals surface area contributed by atoms with Crippen molar-refractivity contribution < 1.29 is 4.74 Å². The van der Waals surface area contributed by atoms with Crippen LogP contribution in [0.2, 0.25) is 0 Å². The predicted octanol–water partition coefficient (Wildman–Crippen LogP) is 4.98. The second-order valence-corrected chi connectivity index (χ2v) is 9.89. The number of thioether (sulfide) groups is 2. The highest BCUT2D eigenvalue weighted by Gasteiger charge is 2.50. The molecule has 6 heteroatoms. The van der Waals surface area contributed by atoms with E-state index in [2.05, 4.69) is 26.0 Å². The van der Waals surface area contributed by atoms with E-state index in [4.69, 9.17) is 12.2 Å². The molecular weight excluding hydrogens is 380 g/mol. The van der Waals surface area contributed by atoms with Crippen molar-refractivity contribution in [3.05, 3.63) is 70.9 Å². The molecule has 3 rings (SSSR count). The van der Waals surface area contributed by atoms with Crippen molar-refractivity contribution in [2.24, 2.45) is 0 Å². The molecule has 0 aromatic heterocycles. The van der Waals surface area contributed by atoms with Crippen LogP contribution in [-0.2, 0) is 6.54 Å². The highest BCUT2D eigenvalue weighted by atomic mass is 32.2. The third-order valence-electron chi connectivity index (χ3n) is 4.33. The van der Waals surface area contributed by atoms with E-state index in [1.165, 1.54) is 4.90 Å². The molecule has 136 valence electrons. The first-order valence-corrected chi connectivity index (χ1v) is 10.8. The van der Waals surface area contributed by atoms with Crippen LogP contribution in [0.4, 0.5) is 0 Å². The zero-order valence-corrected chi connectivity index (χ0v) is 17.5. The summed E-state index contributed by atoms with van der Waals surface area (Å²) in [5.41, 5.74) is 2.05. The first-order valence-electron chi connectivity index (χ1n) is 8.38. The Kier molecular flexibility index (Phi) is 5.95. The number of rotatable bonds is 5. The molecule has 1 unspecified atom stereocenters. The van der Waals surface area contributed by atoms with Gasteiger partial charge in [0.15, 0.2) is 6.21 Å². The largest absolute Gasteiger partial charge is 0.622 e. The van der Waals surface area contributed by atoms with Crippen LogP contribution in [0.5, 0.6) is 0 Å². The van der Waals surface area contributed by atoms with Crippen LogP contribution < -0.4 is 0 Å². The van der Waals surface area contributed by atoms with Gasteiger partial charge in [-0.2, -0.15) is 4.74 Å². The van der Waals surface area contributed by atoms with E-state index in [0.717, 1.165) is 20.2 Å². The van der Waals surface area contributed by atoms with E-state index in [0.29, 0.717) is 6.54 Å². The van der Waals surface area contributed by atoms with Crippen molar-refractivity contribution in [1.82, 2.24) is 4.90 Å². The first-order chi connectivity index (χ1) is 12.4. The minimum Gasteiger partial charge on any atom is -0.622 e. The molecule has 2 aromatic rings. The lowest BCUT2D eigenvalue weighted by molar-refractivity contribution is -0.524. The number of benzene rings is 2. The molecule has 1 atom stereocenters. The van der Waals surface area contributed by atoms with Crippen molar-refractivity contribution in [1.29, 1.82) is 0 Å². The molecule has 0 bridgehead atoms. The van der Waals surface area contributed by atoms with Gasteiger partial charge in [-0.1, -0.05) is 54.3 Å². The van der Waals surface area contributed by atoms with Gasteiger partial charge in [0, 0.05) is 10.5 Å². The van der Waals surface area contributed by atoms with E-state index in [9.17, 15) is 5.21 Å². The molecule has 2 aromatic carbocycles. The van der Waals surface area contributed by atoms with Crippen LogP contribution in [0.15, 0.2) is 59.5 Å². The molecule has 1 fully saturated rings. The summed E-state index contributed by atoms with van der Waals surface area (Å²) in [4.78, 5) is 3.22. The highest BCUT2D eigenvalue weighted by Crippen LogP contribution is 2.42. The van der Waals surface area contributed by atoms with Gasteiger partial charge in [0.05, 0.1) is 6.54 Å². The zero-order valence-electron chi connectivity index (χ0n) is 15.1. The van der Waals surface area contributed by atoms with Crippen molar-refractivity contribution >= 4 is 46.3 Å². The van der Waals surface area contributed by atoms with Crippen molar-refractivity contribution in [2.45, 2.75) is 36.2 Å². The van der Waals surface area contributed by atoms with Crippen LogP contribution in [0.1, 0.15) is 25.0 Å². The maximum Gasteiger partial charge on any atom is 0.254 e. The van der Waals surface area contributed by atoms with E-state index in [-0.39, 0.29) is 10.9 Å². The third-order valence-corrected chi connectivity index (χ3v) is 6.70. The SMILES string of the molecule is CSc1ccc(/C=[N+](\[O-])C2N(Cc3ccccc3)C(=S)SC2(C)C)cc1. The number of hydroxylamine groups is 1. The minimum atomic E-state index is -0.347. The molecule has 1 heterocycles.